The van der Waals surface area contributed by atoms with Crippen LogP contribution in [0.3, 0.4) is 0 Å². The Bertz CT molecular complexity index is 623. The Morgan fingerprint density at radius 2 is 1.41 bits per heavy atom. The first-order chi connectivity index (χ1) is 15.0. The average molecular weight is 495 g/mol. The van der Waals surface area contributed by atoms with Gasteiger partial charge in [0, 0.05) is 0 Å². The van der Waals surface area contributed by atoms with Crippen LogP contribution in [0.2, 0.25) is 0 Å². The number of hydrogen-bond donors (Lipinski definition) is 6. The van der Waals surface area contributed by atoms with Crippen LogP contribution in [-0.2, 0) is 19.2 Å². The van der Waals surface area contributed by atoms with Gasteiger partial charge in [-0.25, -0.2) is 4.79 Å². The number of amides is 3. The Labute approximate surface area is 198 Å². The van der Waals surface area contributed by atoms with E-state index in [2.05, 4.69) is 16.0 Å². The summed E-state index contributed by atoms with van der Waals surface area (Å²) in [5, 5.41) is 26.5. The molecule has 6 atom stereocenters. The number of nitrogens with one attached hydrogen (secondary N) is 3. The van der Waals surface area contributed by atoms with Crippen LogP contribution in [0.25, 0.3) is 0 Å². The van der Waals surface area contributed by atoms with Crippen LogP contribution in [0.15, 0.2) is 0 Å². The number of carboxylic acid groups (broad SMARTS) is 1. The summed E-state index contributed by atoms with van der Waals surface area (Å²) in [7, 11) is 0. The lowest BCUT2D eigenvalue weighted by atomic mass is 9.97. The number of thioether (sulfide) groups is 2. The summed E-state index contributed by atoms with van der Waals surface area (Å²) in [6.45, 7) is 4.83. The van der Waals surface area contributed by atoms with E-state index in [1.54, 1.807) is 18.7 Å². The first-order valence-corrected chi connectivity index (χ1v) is 13.3. The number of rotatable bonds is 16. The predicted molar refractivity (Wildman–Crippen MR) is 129 cm³/mol. The van der Waals surface area contributed by atoms with Gasteiger partial charge in [-0.05, 0) is 49.7 Å². The van der Waals surface area contributed by atoms with Gasteiger partial charge in [-0.2, -0.15) is 23.5 Å². The largest absolute Gasteiger partial charge is 0.480 e. The maximum absolute atomic E-state index is 13.0. The normalized spacial score (nSPS) is 16.7. The molecule has 0 aliphatic rings. The summed E-state index contributed by atoms with van der Waals surface area (Å²) < 4.78 is 0. The van der Waals surface area contributed by atoms with Crippen molar-refractivity contribution in [2.45, 2.75) is 70.3 Å². The van der Waals surface area contributed by atoms with E-state index in [0.717, 1.165) is 0 Å². The molecule has 0 rings (SSSR count). The van der Waals surface area contributed by atoms with Crippen molar-refractivity contribution in [1.82, 2.24) is 16.0 Å². The minimum atomic E-state index is -1.51. The van der Waals surface area contributed by atoms with Crippen molar-refractivity contribution in [3.63, 3.8) is 0 Å². The molecule has 0 fully saturated rings. The van der Waals surface area contributed by atoms with E-state index in [1.165, 1.54) is 18.7 Å². The molecule has 32 heavy (non-hydrogen) atoms. The summed E-state index contributed by atoms with van der Waals surface area (Å²) in [4.78, 5) is 49.5. The third kappa shape index (κ3) is 10.9. The fraction of sp³-hybridized carbons (Fsp3) is 0.800. The van der Waals surface area contributed by atoms with Gasteiger partial charge in [0.2, 0.25) is 17.7 Å². The van der Waals surface area contributed by atoms with Crippen LogP contribution < -0.4 is 21.7 Å². The summed E-state index contributed by atoms with van der Waals surface area (Å²) in [6, 6.07) is -4.18. The Morgan fingerprint density at radius 3 is 1.88 bits per heavy atom. The lowest BCUT2D eigenvalue weighted by Crippen LogP contribution is -2.59. The second kappa shape index (κ2) is 16.2. The SMILES string of the molecule is CCC(C)C(NC(=O)C(CCSC)NC(=O)C(N)CCSC)C(=O)NC(C(=O)O)C(C)O. The van der Waals surface area contributed by atoms with E-state index in [-0.39, 0.29) is 5.92 Å². The first kappa shape index (κ1) is 30.5. The van der Waals surface area contributed by atoms with Crippen molar-refractivity contribution in [2.24, 2.45) is 11.7 Å². The van der Waals surface area contributed by atoms with Crippen LogP contribution in [0.1, 0.15) is 40.0 Å². The standard InChI is InChI=1S/C20H38N4O6S2/c1-6-11(2)15(19(28)24-16(12(3)25)20(29)30)23-18(27)14(8-10-32-5)22-17(26)13(21)7-9-31-4/h11-16,25H,6-10,21H2,1-5H3,(H,22,26)(H,23,27)(H,24,28)(H,29,30). The maximum atomic E-state index is 13.0. The number of aliphatic hydroxyl groups excluding tert-OH is 1. The Morgan fingerprint density at radius 1 is 0.875 bits per heavy atom. The van der Waals surface area contributed by atoms with Crippen LogP contribution in [0, 0.1) is 5.92 Å². The van der Waals surface area contributed by atoms with E-state index < -0.39 is 54.0 Å². The van der Waals surface area contributed by atoms with Gasteiger partial charge in [0.15, 0.2) is 6.04 Å². The van der Waals surface area contributed by atoms with Crippen LogP contribution in [-0.4, -0.2) is 88.2 Å². The highest BCUT2D eigenvalue weighted by molar-refractivity contribution is 7.98. The molecule has 12 heteroatoms. The number of nitrogens with two attached hydrogens (primary N) is 1. The summed E-state index contributed by atoms with van der Waals surface area (Å²) >= 11 is 3.08. The third-order valence-electron chi connectivity index (χ3n) is 5.05. The van der Waals surface area contributed by atoms with Gasteiger partial charge in [-0.15, -0.1) is 0 Å². The Hall–Kier alpha value is -1.50. The second-order valence-corrected chi connectivity index (χ2v) is 9.64. The van der Waals surface area contributed by atoms with Gasteiger partial charge in [-0.1, -0.05) is 20.3 Å². The molecule has 0 aliphatic heterocycles. The summed E-state index contributed by atoms with van der Waals surface area (Å²) in [5.74, 6) is -2.09. The molecule has 3 amide bonds. The number of carbonyl (C=O) groups excluding carboxylic acids is 3. The zero-order chi connectivity index (χ0) is 24.8. The van der Waals surface area contributed by atoms with Crippen molar-refractivity contribution in [2.75, 3.05) is 24.0 Å². The fourth-order valence-corrected chi connectivity index (χ4v) is 3.71. The predicted octanol–water partition coefficient (Wildman–Crippen LogP) is -0.214. The lowest BCUT2D eigenvalue weighted by Gasteiger charge is -2.28. The molecular formula is C20H38N4O6S2. The van der Waals surface area contributed by atoms with Crippen molar-refractivity contribution < 1.29 is 29.4 Å². The molecule has 0 saturated heterocycles. The zero-order valence-corrected chi connectivity index (χ0v) is 21.1. The maximum Gasteiger partial charge on any atom is 0.328 e. The number of aliphatic hydroxyl groups is 1. The van der Waals surface area contributed by atoms with Gasteiger partial charge >= 0.3 is 5.97 Å². The van der Waals surface area contributed by atoms with E-state index in [1.807, 2.05) is 19.4 Å². The topological polar surface area (TPSA) is 171 Å². The molecule has 0 aromatic carbocycles. The number of hydrogen-bond acceptors (Lipinski definition) is 8. The Kier molecular flexibility index (Phi) is 15.4. The molecule has 10 nitrogen and oxygen atoms in total. The average Bonchev–Trinajstić information content (AvgIpc) is 2.75. The van der Waals surface area contributed by atoms with Crippen LogP contribution in [0.4, 0.5) is 0 Å². The van der Waals surface area contributed by atoms with Gasteiger partial charge in [0.25, 0.3) is 0 Å². The van der Waals surface area contributed by atoms with E-state index >= 15 is 0 Å². The Balaban J connectivity index is 5.45. The number of carbonyl (C=O) groups is 4. The fourth-order valence-electron chi connectivity index (χ4n) is 2.75. The summed E-state index contributed by atoms with van der Waals surface area (Å²) in [5.41, 5.74) is 5.91. The van der Waals surface area contributed by atoms with Crippen LogP contribution >= 0.6 is 23.5 Å². The molecule has 6 unspecified atom stereocenters. The molecule has 186 valence electrons. The molecule has 0 saturated carbocycles. The third-order valence-corrected chi connectivity index (χ3v) is 6.34. The molecule has 0 radical (unpaired) electrons. The minimum absolute atomic E-state index is 0.317. The smallest absolute Gasteiger partial charge is 0.328 e. The zero-order valence-electron chi connectivity index (χ0n) is 19.4. The molecule has 0 heterocycles. The molecule has 0 aliphatic carbocycles. The molecule has 0 bridgehead atoms. The van der Waals surface area contributed by atoms with Gasteiger partial charge in [0.1, 0.15) is 12.1 Å². The molecule has 0 aromatic rings. The van der Waals surface area contributed by atoms with E-state index in [4.69, 9.17) is 5.73 Å². The monoisotopic (exact) mass is 494 g/mol. The van der Waals surface area contributed by atoms with Crippen molar-refractivity contribution >= 4 is 47.2 Å². The van der Waals surface area contributed by atoms with Crippen molar-refractivity contribution in [1.29, 1.82) is 0 Å². The number of aliphatic carboxylic acids is 1. The lowest BCUT2D eigenvalue weighted by molar-refractivity contribution is -0.145. The number of carboxylic acids is 1. The van der Waals surface area contributed by atoms with E-state index in [9.17, 15) is 29.4 Å². The molecule has 0 spiro atoms. The van der Waals surface area contributed by atoms with Crippen LogP contribution in [0.5, 0.6) is 0 Å². The van der Waals surface area contributed by atoms with Crippen molar-refractivity contribution in [3.8, 4) is 0 Å². The first-order valence-electron chi connectivity index (χ1n) is 10.5. The van der Waals surface area contributed by atoms with E-state index in [0.29, 0.717) is 30.8 Å². The highest BCUT2D eigenvalue weighted by Gasteiger charge is 2.33. The quantitative estimate of drug-likeness (QED) is 0.170. The minimum Gasteiger partial charge on any atom is -0.480 e. The highest BCUT2D eigenvalue weighted by Crippen LogP contribution is 2.11. The van der Waals surface area contributed by atoms with Gasteiger partial charge in [-0.3, -0.25) is 14.4 Å². The highest BCUT2D eigenvalue weighted by atomic mass is 32.2. The van der Waals surface area contributed by atoms with Gasteiger partial charge < -0.3 is 31.9 Å². The second-order valence-electron chi connectivity index (χ2n) is 7.67. The molecular weight excluding hydrogens is 456 g/mol. The molecule has 0 aromatic heterocycles. The van der Waals surface area contributed by atoms with Gasteiger partial charge in [0.05, 0.1) is 12.1 Å². The van der Waals surface area contributed by atoms with Crippen molar-refractivity contribution in [3.05, 3.63) is 0 Å². The summed E-state index contributed by atoms with van der Waals surface area (Å²) in [6.07, 6.45) is 3.81. The molecule has 7 N–H and O–H groups in total.